The maximum atomic E-state index is 9.80. The molecule has 0 radical (unpaired) electrons. The van der Waals surface area contributed by atoms with Gasteiger partial charge in [-0.2, -0.15) is 8.42 Å². The van der Waals surface area contributed by atoms with E-state index < -0.39 is 15.3 Å². The fourth-order valence-corrected chi connectivity index (χ4v) is 0.589. The van der Waals surface area contributed by atoms with E-state index in [0.29, 0.717) is 0 Å². The molecule has 0 fully saturated rings. The number of hydrogen-bond acceptors (Lipinski definition) is 3. The van der Waals surface area contributed by atoms with Crippen molar-refractivity contribution in [3.05, 3.63) is 0 Å². The standard InChI is InChI=1S/CH3ClN2O3S/c2-8(6,7)4-1(3)5/h(H3,3,4,5). The Morgan fingerprint density at radius 1 is 1.62 bits per heavy atom. The third kappa shape index (κ3) is 5.51. The van der Waals surface area contributed by atoms with Crippen LogP contribution in [0.4, 0.5) is 4.79 Å². The highest BCUT2D eigenvalue weighted by Crippen LogP contribution is 1.86. The Morgan fingerprint density at radius 2 is 2.00 bits per heavy atom. The van der Waals surface area contributed by atoms with E-state index in [1.807, 2.05) is 0 Å². The molecule has 5 nitrogen and oxygen atoms in total. The lowest BCUT2D eigenvalue weighted by Crippen LogP contribution is -2.31. The van der Waals surface area contributed by atoms with Gasteiger partial charge < -0.3 is 5.73 Å². The summed E-state index contributed by atoms with van der Waals surface area (Å²) in [7, 11) is 0.513. The van der Waals surface area contributed by atoms with Crippen LogP contribution in [0.1, 0.15) is 0 Å². The average molecular weight is 159 g/mol. The third-order valence-corrected chi connectivity index (χ3v) is 0.899. The van der Waals surface area contributed by atoms with Crippen LogP contribution in [0.2, 0.25) is 0 Å². The molecule has 0 bridgehead atoms. The van der Waals surface area contributed by atoms with Crippen LogP contribution < -0.4 is 10.5 Å². The molecule has 0 aliphatic rings. The van der Waals surface area contributed by atoms with Crippen molar-refractivity contribution < 1.29 is 13.2 Å². The number of urea groups is 1. The summed E-state index contributed by atoms with van der Waals surface area (Å²) in [6, 6.07) is -1.19. The molecular formula is CH3ClN2O3S. The van der Waals surface area contributed by atoms with Crippen LogP contribution in [0.3, 0.4) is 0 Å². The minimum atomic E-state index is -3.98. The number of amides is 2. The van der Waals surface area contributed by atoms with E-state index in [9.17, 15) is 13.2 Å². The maximum absolute atomic E-state index is 9.80. The van der Waals surface area contributed by atoms with Gasteiger partial charge in [0.1, 0.15) is 0 Å². The first-order valence-electron chi connectivity index (χ1n) is 1.43. The Morgan fingerprint density at radius 3 is 2.00 bits per heavy atom. The lowest BCUT2D eigenvalue weighted by molar-refractivity contribution is 0.253. The molecule has 48 valence electrons. The van der Waals surface area contributed by atoms with Crippen molar-refractivity contribution in [3.8, 4) is 0 Å². The lowest BCUT2D eigenvalue weighted by atomic mass is 11.2. The molecule has 0 aromatic rings. The zero-order valence-corrected chi connectivity index (χ0v) is 5.16. The van der Waals surface area contributed by atoms with Gasteiger partial charge in [0.05, 0.1) is 0 Å². The van der Waals surface area contributed by atoms with Gasteiger partial charge in [0, 0.05) is 10.7 Å². The predicted octanol–water partition coefficient (Wildman–Crippen LogP) is -0.862. The van der Waals surface area contributed by atoms with Crippen LogP contribution in [0.15, 0.2) is 0 Å². The number of hydrogen-bond donors (Lipinski definition) is 2. The highest BCUT2D eigenvalue weighted by atomic mass is 35.7. The van der Waals surface area contributed by atoms with Crippen LogP contribution in [0.5, 0.6) is 0 Å². The highest BCUT2D eigenvalue weighted by molar-refractivity contribution is 8.12. The van der Waals surface area contributed by atoms with E-state index in [1.165, 1.54) is 4.72 Å². The molecule has 0 unspecified atom stereocenters. The second-order valence-corrected chi connectivity index (χ2v) is 3.20. The molecule has 8 heavy (non-hydrogen) atoms. The molecular weight excluding hydrogens is 156 g/mol. The van der Waals surface area contributed by atoms with Crippen molar-refractivity contribution in [3.63, 3.8) is 0 Å². The molecule has 7 heteroatoms. The summed E-state index contributed by atoms with van der Waals surface area (Å²) >= 11 is 0. The van der Waals surface area contributed by atoms with Gasteiger partial charge in [-0.3, -0.25) is 0 Å². The molecule has 0 rings (SSSR count). The number of nitrogens with two attached hydrogens (primary N) is 1. The van der Waals surface area contributed by atoms with E-state index in [4.69, 9.17) is 0 Å². The molecule has 0 spiro atoms. The Kier molecular flexibility index (Phi) is 2.05. The summed E-state index contributed by atoms with van der Waals surface area (Å²) < 4.78 is 20.8. The summed E-state index contributed by atoms with van der Waals surface area (Å²) in [4.78, 5) is 9.66. The van der Waals surface area contributed by atoms with E-state index in [0.717, 1.165) is 0 Å². The summed E-state index contributed by atoms with van der Waals surface area (Å²) in [6.07, 6.45) is 0. The summed E-state index contributed by atoms with van der Waals surface area (Å²) in [5.74, 6) is 0. The highest BCUT2D eigenvalue weighted by Gasteiger charge is 2.04. The quantitative estimate of drug-likeness (QED) is 0.487. The Bertz CT molecular complexity index is 183. The molecule has 0 atom stereocenters. The molecule has 0 heterocycles. The smallest absolute Gasteiger partial charge is 0.326 e. The second-order valence-electron chi connectivity index (χ2n) is 0.904. The minimum absolute atomic E-state index is 1.19. The maximum Gasteiger partial charge on any atom is 0.326 e. The molecule has 0 saturated heterocycles. The van der Waals surface area contributed by atoms with E-state index in [-0.39, 0.29) is 0 Å². The average Bonchev–Trinajstić information content (AvgIpc) is 1.21. The number of halogens is 1. The summed E-state index contributed by atoms with van der Waals surface area (Å²) in [6.45, 7) is 0. The van der Waals surface area contributed by atoms with Crippen molar-refractivity contribution in [1.29, 1.82) is 0 Å². The Labute approximate surface area is 50.4 Å². The zero-order chi connectivity index (χ0) is 6.78. The monoisotopic (exact) mass is 158 g/mol. The van der Waals surface area contributed by atoms with Gasteiger partial charge >= 0.3 is 15.3 Å². The molecule has 0 aromatic carbocycles. The first-order valence-corrected chi connectivity index (χ1v) is 3.74. The number of rotatable bonds is 1. The molecule has 0 saturated carbocycles. The predicted molar refractivity (Wildman–Crippen MR) is 27.5 cm³/mol. The SMILES string of the molecule is NC(=O)NS(=O)(=O)Cl. The number of carbonyl (C=O) groups is 1. The van der Waals surface area contributed by atoms with Crippen molar-refractivity contribution in [1.82, 2.24) is 4.72 Å². The van der Waals surface area contributed by atoms with Crippen molar-refractivity contribution in [2.45, 2.75) is 0 Å². The Hall–Kier alpha value is -0.490. The largest absolute Gasteiger partial charge is 0.351 e. The zero-order valence-electron chi connectivity index (χ0n) is 3.59. The van der Waals surface area contributed by atoms with Crippen molar-refractivity contribution in [2.75, 3.05) is 0 Å². The fourth-order valence-electron chi connectivity index (χ4n) is 0.120. The Balaban J connectivity index is 3.95. The number of primary amides is 1. The molecule has 0 aliphatic heterocycles. The van der Waals surface area contributed by atoms with Crippen molar-refractivity contribution in [2.24, 2.45) is 5.73 Å². The topological polar surface area (TPSA) is 89.3 Å². The van der Waals surface area contributed by atoms with Gasteiger partial charge in [0.2, 0.25) is 0 Å². The number of carbonyl (C=O) groups excluding carboxylic acids is 1. The van der Waals surface area contributed by atoms with Gasteiger partial charge in [0.15, 0.2) is 0 Å². The van der Waals surface area contributed by atoms with Crippen LogP contribution in [0.25, 0.3) is 0 Å². The third-order valence-electron chi connectivity index (χ3n) is 0.223. The fraction of sp³-hybridized carbons (Fsp3) is 0. The normalized spacial score (nSPS) is 10.6. The molecule has 3 N–H and O–H groups in total. The van der Waals surface area contributed by atoms with Gasteiger partial charge in [-0.25, -0.2) is 9.52 Å². The van der Waals surface area contributed by atoms with Crippen LogP contribution >= 0.6 is 10.7 Å². The first kappa shape index (κ1) is 7.51. The van der Waals surface area contributed by atoms with Crippen LogP contribution in [0, 0.1) is 0 Å². The van der Waals surface area contributed by atoms with Crippen molar-refractivity contribution >= 4 is 26.0 Å². The van der Waals surface area contributed by atoms with E-state index >= 15 is 0 Å². The van der Waals surface area contributed by atoms with Crippen LogP contribution in [-0.4, -0.2) is 14.4 Å². The van der Waals surface area contributed by atoms with Gasteiger partial charge in [-0.05, 0) is 0 Å². The molecule has 2 amide bonds. The second kappa shape index (κ2) is 2.19. The number of nitrogens with one attached hydrogen (secondary N) is 1. The van der Waals surface area contributed by atoms with Crippen LogP contribution in [-0.2, 0) is 9.24 Å². The lowest BCUT2D eigenvalue weighted by Gasteiger charge is -1.90. The van der Waals surface area contributed by atoms with E-state index in [2.05, 4.69) is 16.4 Å². The van der Waals surface area contributed by atoms with E-state index in [1.54, 1.807) is 0 Å². The molecule has 0 aliphatic carbocycles. The summed E-state index contributed by atoms with van der Waals surface area (Å²) in [5, 5.41) is 0. The summed E-state index contributed by atoms with van der Waals surface area (Å²) in [5.41, 5.74) is 4.36. The first-order chi connectivity index (χ1) is 3.42. The minimum Gasteiger partial charge on any atom is -0.351 e. The van der Waals surface area contributed by atoms with Gasteiger partial charge in [0.25, 0.3) is 0 Å². The molecule has 0 aromatic heterocycles. The van der Waals surface area contributed by atoms with Gasteiger partial charge in [-0.1, -0.05) is 0 Å². The van der Waals surface area contributed by atoms with Gasteiger partial charge in [-0.15, -0.1) is 0 Å².